The van der Waals surface area contributed by atoms with E-state index in [9.17, 15) is 9.59 Å². The van der Waals surface area contributed by atoms with Crippen molar-refractivity contribution in [3.05, 3.63) is 29.8 Å². The monoisotopic (exact) mass is 222 g/mol. The summed E-state index contributed by atoms with van der Waals surface area (Å²) >= 11 is 0. The highest BCUT2D eigenvalue weighted by atomic mass is 16.5. The molecule has 1 aromatic carbocycles. The minimum Gasteiger partial charge on any atom is -0.459 e. The molecule has 0 atom stereocenters. The van der Waals surface area contributed by atoms with E-state index < -0.39 is 6.03 Å². The molecule has 86 valence electrons. The van der Waals surface area contributed by atoms with E-state index in [4.69, 9.17) is 10.5 Å². The predicted octanol–water partition coefficient (Wildman–Crippen LogP) is 1.74. The van der Waals surface area contributed by atoms with Crippen LogP contribution >= 0.6 is 0 Å². The molecule has 0 saturated carbocycles. The number of nitrogens with one attached hydrogen (secondary N) is 1. The molecule has 0 heterocycles. The maximum atomic E-state index is 11.5. The fourth-order valence-corrected chi connectivity index (χ4v) is 1.11. The van der Waals surface area contributed by atoms with Gasteiger partial charge in [0.15, 0.2) is 0 Å². The molecule has 16 heavy (non-hydrogen) atoms. The first-order valence-corrected chi connectivity index (χ1v) is 4.86. The SMILES string of the molecule is CC(C)OC(=O)c1ccc(NC(N)=O)cc1. The number of amides is 2. The van der Waals surface area contributed by atoms with Crippen LogP contribution in [0.1, 0.15) is 24.2 Å². The van der Waals surface area contributed by atoms with E-state index in [1.165, 1.54) is 0 Å². The van der Waals surface area contributed by atoms with Crippen molar-refractivity contribution in [1.82, 2.24) is 0 Å². The Bertz CT molecular complexity index is 385. The predicted molar refractivity (Wildman–Crippen MR) is 60.2 cm³/mol. The van der Waals surface area contributed by atoms with Crippen LogP contribution in [0.25, 0.3) is 0 Å². The highest BCUT2D eigenvalue weighted by Crippen LogP contribution is 2.10. The quantitative estimate of drug-likeness (QED) is 0.764. The summed E-state index contributed by atoms with van der Waals surface area (Å²) in [7, 11) is 0. The average molecular weight is 222 g/mol. The third kappa shape index (κ3) is 3.61. The van der Waals surface area contributed by atoms with Gasteiger partial charge in [0.25, 0.3) is 0 Å². The molecule has 5 heteroatoms. The first-order valence-electron chi connectivity index (χ1n) is 4.86. The number of nitrogens with two attached hydrogens (primary N) is 1. The van der Waals surface area contributed by atoms with Gasteiger partial charge in [-0.3, -0.25) is 0 Å². The van der Waals surface area contributed by atoms with Crippen molar-refractivity contribution >= 4 is 17.7 Å². The number of rotatable bonds is 3. The molecule has 0 saturated heterocycles. The number of anilines is 1. The van der Waals surface area contributed by atoms with Crippen LogP contribution in [0.15, 0.2) is 24.3 Å². The Morgan fingerprint density at radius 3 is 2.25 bits per heavy atom. The fourth-order valence-electron chi connectivity index (χ4n) is 1.11. The summed E-state index contributed by atoms with van der Waals surface area (Å²) in [4.78, 5) is 22.0. The molecule has 0 spiro atoms. The molecular weight excluding hydrogens is 208 g/mol. The lowest BCUT2D eigenvalue weighted by molar-refractivity contribution is 0.0378. The first-order chi connectivity index (χ1) is 7.49. The number of hydrogen-bond donors (Lipinski definition) is 2. The molecule has 0 fully saturated rings. The molecule has 0 radical (unpaired) electrons. The van der Waals surface area contributed by atoms with Crippen molar-refractivity contribution in [3.8, 4) is 0 Å². The van der Waals surface area contributed by atoms with Crippen LogP contribution < -0.4 is 11.1 Å². The molecular formula is C11H14N2O3. The number of ether oxygens (including phenoxy) is 1. The van der Waals surface area contributed by atoms with Crippen LogP contribution in [0.4, 0.5) is 10.5 Å². The van der Waals surface area contributed by atoms with Gasteiger partial charge in [-0.2, -0.15) is 0 Å². The molecule has 1 aromatic rings. The summed E-state index contributed by atoms with van der Waals surface area (Å²) in [5.74, 6) is -0.388. The number of benzene rings is 1. The maximum absolute atomic E-state index is 11.5. The Hall–Kier alpha value is -2.04. The summed E-state index contributed by atoms with van der Waals surface area (Å²) in [6.07, 6.45) is -0.157. The lowest BCUT2D eigenvalue weighted by Crippen LogP contribution is -2.19. The summed E-state index contributed by atoms with van der Waals surface area (Å²) in [6, 6.07) is 5.66. The van der Waals surface area contributed by atoms with Gasteiger partial charge < -0.3 is 15.8 Å². The van der Waals surface area contributed by atoms with E-state index in [2.05, 4.69) is 5.32 Å². The van der Waals surface area contributed by atoms with Gasteiger partial charge in [0, 0.05) is 5.69 Å². The lowest BCUT2D eigenvalue weighted by Gasteiger charge is -2.08. The van der Waals surface area contributed by atoms with Crippen molar-refractivity contribution in [1.29, 1.82) is 0 Å². The standard InChI is InChI=1S/C11H14N2O3/c1-7(2)16-10(14)8-3-5-9(6-4-8)13-11(12)15/h3-7H,1-2H3,(H3,12,13,15). The van der Waals surface area contributed by atoms with Crippen molar-refractivity contribution in [2.45, 2.75) is 20.0 Å². The van der Waals surface area contributed by atoms with Gasteiger partial charge in [0.1, 0.15) is 0 Å². The highest BCUT2D eigenvalue weighted by Gasteiger charge is 2.08. The van der Waals surface area contributed by atoms with Gasteiger partial charge in [-0.05, 0) is 38.1 Å². The van der Waals surface area contributed by atoms with E-state index in [-0.39, 0.29) is 12.1 Å². The summed E-state index contributed by atoms with van der Waals surface area (Å²) in [5, 5.41) is 2.40. The molecule has 1 rings (SSSR count). The van der Waals surface area contributed by atoms with Crippen LogP contribution in [-0.2, 0) is 4.74 Å². The zero-order valence-corrected chi connectivity index (χ0v) is 9.19. The van der Waals surface area contributed by atoms with E-state index in [1.807, 2.05) is 0 Å². The normalized spacial score (nSPS) is 9.94. The van der Waals surface area contributed by atoms with Gasteiger partial charge in [0.2, 0.25) is 0 Å². The van der Waals surface area contributed by atoms with Crippen LogP contribution in [-0.4, -0.2) is 18.1 Å². The number of carbonyl (C=O) groups is 2. The molecule has 5 nitrogen and oxygen atoms in total. The van der Waals surface area contributed by atoms with Crippen LogP contribution in [0.2, 0.25) is 0 Å². The number of esters is 1. The Kier molecular flexibility index (Phi) is 3.88. The Balaban J connectivity index is 2.71. The molecule has 2 amide bonds. The highest BCUT2D eigenvalue weighted by molar-refractivity contribution is 5.91. The maximum Gasteiger partial charge on any atom is 0.338 e. The number of carbonyl (C=O) groups excluding carboxylic acids is 2. The minimum absolute atomic E-state index is 0.157. The molecule has 0 bridgehead atoms. The van der Waals surface area contributed by atoms with Gasteiger partial charge in [0.05, 0.1) is 11.7 Å². The average Bonchev–Trinajstić information content (AvgIpc) is 2.16. The number of urea groups is 1. The van der Waals surface area contributed by atoms with Crippen molar-refractivity contribution in [2.24, 2.45) is 5.73 Å². The molecule has 0 aromatic heterocycles. The molecule has 3 N–H and O–H groups in total. The second-order valence-corrected chi connectivity index (χ2v) is 3.52. The van der Waals surface area contributed by atoms with Gasteiger partial charge in [-0.15, -0.1) is 0 Å². The summed E-state index contributed by atoms with van der Waals surface area (Å²) < 4.78 is 5.01. The molecule has 0 aliphatic rings. The molecule has 0 aliphatic carbocycles. The second-order valence-electron chi connectivity index (χ2n) is 3.52. The topological polar surface area (TPSA) is 81.4 Å². The zero-order chi connectivity index (χ0) is 12.1. The Labute approximate surface area is 93.6 Å². The third-order valence-corrected chi connectivity index (χ3v) is 1.73. The number of primary amides is 1. The fraction of sp³-hybridized carbons (Fsp3) is 0.273. The lowest BCUT2D eigenvalue weighted by atomic mass is 10.2. The zero-order valence-electron chi connectivity index (χ0n) is 9.19. The van der Waals surface area contributed by atoms with E-state index in [0.29, 0.717) is 11.3 Å². The smallest absolute Gasteiger partial charge is 0.338 e. The van der Waals surface area contributed by atoms with E-state index in [0.717, 1.165) is 0 Å². The van der Waals surface area contributed by atoms with Gasteiger partial charge in [-0.1, -0.05) is 0 Å². The van der Waals surface area contributed by atoms with E-state index >= 15 is 0 Å². The van der Waals surface area contributed by atoms with Crippen LogP contribution in [0, 0.1) is 0 Å². The Morgan fingerprint density at radius 1 is 1.25 bits per heavy atom. The third-order valence-electron chi connectivity index (χ3n) is 1.73. The van der Waals surface area contributed by atoms with Crippen molar-refractivity contribution in [3.63, 3.8) is 0 Å². The van der Waals surface area contributed by atoms with Crippen molar-refractivity contribution in [2.75, 3.05) is 5.32 Å². The van der Waals surface area contributed by atoms with Crippen LogP contribution in [0.3, 0.4) is 0 Å². The minimum atomic E-state index is -0.641. The first kappa shape index (κ1) is 12.0. The van der Waals surface area contributed by atoms with Gasteiger partial charge >= 0.3 is 12.0 Å². The largest absolute Gasteiger partial charge is 0.459 e. The molecule has 0 unspecified atom stereocenters. The van der Waals surface area contributed by atoms with E-state index in [1.54, 1.807) is 38.1 Å². The summed E-state index contributed by atoms with van der Waals surface area (Å²) in [5.41, 5.74) is 5.92. The summed E-state index contributed by atoms with van der Waals surface area (Å²) in [6.45, 7) is 3.56. The molecule has 0 aliphatic heterocycles. The van der Waals surface area contributed by atoms with Gasteiger partial charge in [-0.25, -0.2) is 9.59 Å². The van der Waals surface area contributed by atoms with Crippen LogP contribution in [0.5, 0.6) is 0 Å². The Morgan fingerprint density at radius 2 is 1.81 bits per heavy atom. The van der Waals surface area contributed by atoms with Crippen molar-refractivity contribution < 1.29 is 14.3 Å². The second kappa shape index (κ2) is 5.16. The number of hydrogen-bond acceptors (Lipinski definition) is 3.